The van der Waals surface area contributed by atoms with Crippen molar-refractivity contribution in [3.8, 4) is 11.8 Å². The predicted molar refractivity (Wildman–Crippen MR) is 120 cm³/mol. The minimum Gasteiger partial charge on any atom is -0.166 e. The third kappa shape index (κ3) is 5.53. The highest BCUT2D eigenvalue weighted by molar-refractivity contribution is 5.44. The van der Waals surface area contributed by atoms with Gasteiger partial charge in [0.15, 0.2) is 0 Å². The fourth-order valence-corrected chi connectivity index (χ4v) is 5.69. The first kappa shape index (κ1) is 22.0. The molecule has 0 saturated heterocycles. The summed E-state index contributed by atoms with van der Waals surface area (Å²) in [5.74, 6) is 9.50. The van der Waals surface area contributed by atoms with Crippen LogP contribution >= 0.6 is 0 Å². The van der Waals surface area contributed by atoms with E-state index >= 15 is 0 Å². The van der Waals surface area contributed by atoms with E-state index in [2.05, 4.69) is 43.0 Å². The monoisotopic (exact) mass is 424 g/mol. The van der Waals surface area contributed by atoms with E-state index in [0.717, 1.165) is 35.4 Å². The summed E-state index contributed by atoms with van der Waals surface area (Å²) in [6, 6.07) is 13.5. The lowest BCUT2D eigenvalue weighted by atomic mass is 9.63. The average Bonchev–Trinajstić information content (AvgIpc) is 2.78. The second-order valence-electron chi connectivity index (χ2n) is 9.45. The Kier molecular flexibility index (Phi) is 6.75. The molecule has 3 heteroatoms. The van der Waals surface area contributed by atoms with Gasteiger partial charge in [0.05, 0.1) is 5.56 Å². The van der Waals surface area contributed by atoms with Crippen LogP contribution < -0.4 is 0 Å². The van der Waals surface area contributed by atoms with E-state index in [1.54, 1.807) is 0 Å². The first-order chi connectivity index (χ1) is 14.9. The van der Waals surface area contributed by atoms with E-state index in [1.807, 2.05) is 0 Å². The molecule has 0 radical (unpaired) electrons. The standard InChI is InChI=1S/C28H31F3/c1-2-3-22-8-13-26-19-25(15-14-24(26)18-22)23-11-6-20(7-12-23)4-5-21-9-16-27(17-10-21)28(29,30)31/h6-7,9-12,16-17,22,24-26H,2-3,8,13-15,18-19H2,1H3. The number of rotatable bonds is 3. The molecule has 2 fully saturated rings. The van der Waals surface area contributed by atoms with Crippen LogP contribution in [0.2, 0.25) is 0 Å². The Labute approximate surface area is 184 Å². The average molecular weight is 425 g/mol. The van der Waals surface area contributed by atoms with E-state index in [4.69, 9.17) is 0 Å². The molecule has 2 aliphatic carbocycles. The van der Waals surface area contributed by atoms with E-state index in [1.165, 1.54) is 69.1 Å². The van der Waals surface area contributed by atoms with Crippen molar-refractivity contribution in [2.75, 3.05) is 0 Å². The molecule has 0 aromatic heterocycles. The van der Waals surface area contributed by atoms with Crippen molar-refractivity contribution in [3.63, 3.8) is 0 Å². The fraction of sp³-hybridized carbons (Fsp3) is 0.500. The molecule has 0 aliphatic heterocycles. The zero-order chi connectivity index (χ0) is 21.8. The Balaban J connectivity index is 1.36. The van der Waals surface area contributed by atoms with Crippen molar-refractivity contribution in [3.05, 3.63) is 70.8 Å². The molecule has 2 aromatic carbocycles. The lowest BCUT2D eigenvalue weighted by Crippen LogP contribution is -2.30. The van der Waals surface area contributed by atoms with E-state index in [-0.39, 0.29) is 0 Å². The summed E-state index contributed by atoms with van der Waals surface area (Å²) in [7, 11) is 0. The molecule has 0 nitrogen and oxygen atoms in total. The summed E-state index contributed by atoms with van der Waals surface area (Å²) in [4.78, 5) is 0. The molecular weight excluding hydrogens is 393 g/mol. The fourth-order valence-electron chi connectivity index (χ4n) is 5.69. The molecule has 2 aromatic rings. The van der Waals surface area contributed by atoms with E-state index < -0.39 is 11.7 Å². The topological polar surface area (TPSA) is 0 Å². The molecule has 4 unspecified atom stereocenters. The van der Waals surface area contributed by atoms with Crippen molar-refractivity contribution in [2.45, 2.75) is 70.4 Å². The number of alkyl halides is 3. The molecular formula is C28H31F3. The third-order valence-corrected chi connectivity index (χ3v) is 7.36. The largest absolute Gasteiger partial charge is 0.416 e. The number of fused-ring (bicyclic) bond motifs is 1. The summed E-state index contributed by atoms with van der Waals surface area (Å²) in [5.41, 5.74) is 2.26. The Hall–Kier alpha value is -2.21. The van der Waals surface area contributed by atoms with Crippen LogP contribution in [0.5, 0.6) is 0 Å². The number of hydrogen-bond donors (Lipinski definition) is 0. The molecule has 0 N–H and O–H groups in total. The van der Waals surface area contributed by atoms with Gasteiger partial charge in [-0.25, -0.2) is 0 Å². The van der Waals surface area contributed by atoms with Gasteiger partial charge in [0, 0.05) is 11.1 Å². The van der Waals surface area contributed by atoms with Gasteiger partial charge in [0.1, 0.15) is 0 Å². The molecule has 2 saturated carbocycles. The second-order valence-corrected chi connectivity index (χ2v) is 9.45. The van der Waals surface area contributed by atoms with Crippen LogP contribution in [0, 0.1) is 29.6 Å². The van der Waals surface area contributed by atoms with Crippen molar-refractivity contribution in [1.29, 1.82) is 0 Å². The normalized spacial score (nSPS) is 25.9. The smallest absolute Gasteiger partial charge is 0.166 e. The molecule has 0 heterocycles. The molecule has 31 heavy (non-hydrogen) atoms. The van der Waals surface area contributed by atoms with Gasteiger partial charge in [-0.15, -0.1) is 0 Å². The first-order valence-electron chi connectivity index (χ1n) is 11.7. The zero-order valence-electron chi connectivity index (χ0n) is 18.2. The molecule has 4 rings (SSSR count). The van der Waals surface area contributed by atoms with Crippen LogP contribution in [0.25, 0.3) is 0 Å². The van der Waals surface area contributed by atoms with Gasteiger partial charge < -0.3 is 0 Å². The maximum atomic E-state index is 12.7. The first-order valence-corrected chi connectivity index (χ1v) is 11.7. The molecule has 4 atom stereocenters. The zero-order valence-corrected chi connectivity index (χ0v) is 18.2. The number of halogens is 3. The highest BCUT2D eigenvalue weighted by Gasteiger charge is 2.35. The van der Waals surface area contributed by atoms with Gasteiger partial charge in [-0.1, -0.05) is 50.2 Å². The van der Waals surface area contributed by atoms with Gasteiger partial charge >= 0.3 is 6.18 Å². The number of hydrogen-bond acceptors (Lipinski definition) is 0. The highest BCUT2D eigenvalue weighted by atomic mass is 19.4. The third-order valence-electron chi connectivity index (χ3n) is 7.36. The number of benzene rings is 2. The highest BCUT2D eigenvalue weighted by Crippen LogP contribution is 2.48. The Morgan fingerprint density at radius 1 is 0.774 bits per heavy atom. The van der Waals surface area contributed by atoms with Gasteiger partial charge in [0.2, 0.25) is 0 Å². The lowest BCUT2D eigenvalue weighted by Gasteiger charge is -2.42. The molecule has 2 aliphatic rings. The summed E-state index contributed by atoms with van der Waals surface area (Å²) < 4.78 is 38.0. The van der Waals surface area contributed by atoms with Gasteiger partial charge in [-0.2, -0.15) is 13.2 Å². The summed E-state index contributed by atoms with van der Waals surface area (Å²) >= 11 is 0. The predicted octanol–water partition coefficient (Wildman–Crippen LogP) is 8.21. The van der Waals surface area contributed by atoms with Crippen LogP contribution in [0.1, 0.15) is 86.5 Å². The SMILES string of the molecule is CCCC1CCC2CC(c3ccc(C#Cc4ccc(C(F)(F)F)cc4)cc3)CCC2C1. The maximum absolute atomic E-state index is 12.7. The van der Waals surface area contributed by atoms with Crippen LogP contribution in [0.3, 0.4) is 0 Å². The Bertz CT molecular complexity index is 912. The Morgan fingerprint density at radius 3 is 1.97 bits per heavy atom. The maximum Gasteiger partial charge on any atom is 0.416 e. The van der Waals surface area contributed by atoms with Crippen molar-refractivity contribution < 1.29 is 13.2 Å². The van der Waals surface area contributed by atoms with E-state index in [9.17, 15) is 13.2 Å². The van der Waals surface area contributed by atoms with E-state index in [0.29, 0.717) is 11.5 Å². The van der Waals surface area contributed by atoms with Crippen molar-refractivity contribution >= 4 is 0 Å². The van der Waals surface area contributed by atoms with Crippen molar-refractivity contribution in [2.24, 2.45) is 17.8 Å². The summed E-state index contributed by atoms with van der Waals surface area (Å²) in [5, 5.41) is 0. The molecule has 0 spiro atoms. The minimum atomic E-state index is -4.31. The van der Waals surface area contributed by atoms with Gasteiger partial charge in [-0.05, 0) is 97.7 Å². The molecule has 164 valence electrons. The van der Waals surface area contributed by atoms with Crippen LogP contribution in [0.15, 0.2) is 48.5 Å². The second kappa shape index (κ2) is 9.51. The summed E-state index contributed by atoms with van der Waals surface area (Å²) in [6.07, 6.45) is 6.66. The molecule has 0 bridgehead atoms. The van der Waals surface area contributed by atoms with Crippen molar-refractivity contribution in [1.82, 2.24) is 0 Å². The van der Waals surface area contributed by atoms with Gasteiger partial charge in [-0.3, -0.25) is 0 Å². The Morgan fingerprint density at radius 2 is 1.35 bits per heavy atom. The molecule has 0 amide bonds. The van der Waals surface area contributed by atoms with Crippen LogP contribution in [-0.2, 0) is 6.18 Å². The van der Waals surface area contributed by atoms with Gasteiger partial charge in [0.25, 0.3) is 0 Å². The summed E-state index contributed by atoms with van der Waals surface area (Å²) in [6.45, 7) is 2.31. The lowest BCUT2D eigenvalue weighted by molar-refractivity contribution is -0.137. The quantitative estimate of drug-likeness (QED) is 0.436. The van der Waals surface area contributed by atoms with Crippen LogP contribution in [0.4, 0.5) is 13.2 Å². The minimum absolute atomic E-state index is 0.592. The van der Waals surface area contributed by atoms with Crippen LogP contribution in [-0.4, -0.2) is 0 Å².